The lowest BCUT2D eigenvalue weighted by atomic mass is 10.2. The van der Waals surface area contributed by atoms with Gasteiger partial charge in [-0.25, -0.2) is 4.39 Å². The van der Waals surface area contributed by atoms with Crippen LogP contribution in [-0.2, 0) is 6.54 Å². The summed E-state index contributed by atoms with van der Waals surface area (Å²) in [6.45, 7) is 4.43. The fourth-order valence-corrected chi connectivity index (χ4v) is 2.01. The smallest absolute Gasteiger partial charge is 0.151 e. The molecule has 2 rings (SSSR count). The van der Waals surface area contributed by atoms with Crippen LogP contribution in [0.15, 0.2) is 30.3 Å². The average molecular weight is 231 g/mol. The predicted molar refractivity (Wildman–Crippen MR) is 64.8 cm³/mol. The molecule has 0 radical (unpaired) electrons. The molecular weight excluding hydrogens is 217 g/mol. The zero-order valence-electron chi connectivity index (χ0n) is 9.90. The van der Waals surface area contributed by atoms with Crippen LogP contribution in [0.2, 0.25) is 0 Å². The Balaban J connectivity index is 2.36. The molecule has 1 heterocycles. The number of benzene rings is 1. The first-order valence-electron chi connectivity index (χ1n) is 5.48. The largest absolute Gasteiger partial charge is 0.344 e. The third-order valence-electron chi connectivity index (χ3n) is 2.97. The molecule has 17 heavy (non-hydrogen) atoms. The Kier molecular flexibility index (Phi) is 3.09. The van der Waals surface area contributed by atoms with Gasteiger partial charge >= 0.3 is 0 Å². The van der Waals surface area contributed by atoms with E-state index >= 15 is 0 Å². The summed E-state index contributed by atoms with van der Waals surface area (Å²) in [5.74, 6) is -0.236. The average Bonchev–Trinajstić information content (AvgIpc) is 2.56. The third kappa shape index (κ3) is 2.28. The highest BCUT2D eigenvalue weighted by molar-refractivity contribution is 5.77. The normalized spacial score (nSPS) is 10.5. The fraction of sp³-hybridized carbons (Fsp3) is 0.214. The molecule has 88 valence electrons. The monoisotopic (exact) mass is 231 g/mol. The van der Waals surface area contributed by atoms with E-state index in [9.17, 15) is 9.18 Å². The quantitative estimate of drug-likeness (QED) is 0.744. The van der Waals surface area contributed by atoms with Gasteiger partial charge in [-0.3, -0.25) is 4.79 Å². The maximum atomic E-state index is 13.1. The van der Waals surface area contributed by atoms with Gasteiger partial charge in [0, 0.05) is 23.5 Å². The Morgan fingerprint density at radius 3 is 2.65 bits per heavy atom. The van der Waals surface area contributed by atoms with Gasteiger partial charge in [-0.05, 0) is 37.6 Å². The van der Waals surface area contributed by atoms with E-state index in [1.54, 1.807) is 6.07 Å². The van der Waals surface area contributed by atoms with Gasteiger partial charge in [0.2, 0.25) is 0 Å². The molecule has 0 fully saturated rings. The minimum atomic E-state index is -0.236. The van der Waals surface area contributed by atoms with E-state index in [4.69, 9.17) is 0 Å². The van der Waals surface area contributed by atoms with Crippen molar-refractivity contribution >= 4 is 6.29 Å². The molecule has 0 aliphatic rings. The number of aldehydes is 1. The number of nitrogens with zero attached hydrogens (tertiary/aromatic N) is 1. The highest BCUT2D eigenvalue weighted by atomic mass is 19.1. The van der Waals surface area contributed by atoms with Gasteiger partial charge in [0.1, 0.15) is 5.82 Å². The molecule has 0 N–H and O–H groups in total. The Morgan fingerprint density at radius 2 is 2.06 bits per heavy atom. The Labute approximate surface area is 99.7 Å². The van der Waals surface area contributed by atoms with E-state index in [1.165, 1.54) is 12.1 Å². The maximum Gasteiger partial charge on any atom is 0.151 e. The maximum absolute atomic E-state index is 13.1. The molecule has 2 aromatic rings. The van der Waals surface area contributed by atoms with Crippen molar-refractivity contribution in [2.75, 3.05) is 0 Å². The second kappa shape index (κ2) is 4.53. The molecule has 0 aliphatic heterocycles. The fourth-order valence-electron chi connectivity index (χ4n) is 2.01. The van der Waals surface area contributed by atoms with Crippen LogP contribution >= 0.6 is 0 Å². The number of hydrogen-bond acceptors (Lipinski definition) is 1. The van der Waals surface area contributed by atoms with Gasteiger partial charge in [-0.2, -0.15) is 0 Å². The molecule has 0 bridgehead atoms. The summed E-state index contributed by atoms with van der Waals surface area (Å²) in [5, 5.41) is 0. The molecule has 0 saturated carbocycles. The van der Waals surface area contributed by atoms with E-state index in [0.717, 1.165) is 23.2 Å². The van der Waals surface area contributed by atoms with Crippen LogP contribution in [0.25, 0.3) is 0 Å². The molecule has 0 amide bonds. The first-order chi connectivity index (χ1) is 8.11. The standard InChI is InChI=1S/C14H14FNO/c1-10-6-13(9-17)11(2)16(10)8-12-4-3-5-14(15)7-12/h3-7,9H,8H2,1-2H3. The molecule has 1 aromatic carbocycles. The van der Waals surface area contributed by atoms with Crippen LogP contribution in [-0.4, -0.2) is 10.9 Å². The van der Waals surface area contributed by atoms with Gasteiger partial charge in [-0.15, -0.1) is 0 Å². The zero-order chi connectivity index (χ0) is 12.4. The first-order valence-corrected chi connectivity index (χ1v) is 5.48. The van der Waals surface area contributed by atoms with Gasteiger partial charge < -0.3 is 4.57 Å². The summed E-state index contributed by atoms with van der Waals surface area (Å²) in [4.78, 5) is 10.8. The molecule has 0 saturated heterocycles. The van der Waals surface area contributed by atoms with E-state index < -0.39 is 0 Å². The lowest BCUT2D eigenvalue weighted by Crippen LogP contribution is -2.04. The van der Waals surface area contributed by atoms with Crippen molar-refractivity contribution in [3.05, 3.63) is 58.7 Å². The van der Waals surface area contributed by atoms with Crippen molar-refractivity contribution < 1.29 is 9.18 Å². The lowest BCUT2D eigenvalue weighted by molar-refractivity contribution is 0.112. The molecule has 2 nitrogen and oxygen atoms in total. The Morgan fingerprint density at radius 1 is 1.29 bits per heavy atom. The molecular formula is C14H14FNO. The summed E-state index contributed by atoms with van der Waals surface area (Å²) >= 11 is 0. The minimum absolute atomic E-state index is 0.236. The van der Waals surface area contributed by atoms with E-state index in [-0.39, 0.29) is 5.82 Å². The number of aryl methyl sites for hydroxylation is 1. The molecule has 1 aromatic heterocycles. The molecule has 0 aliphatic carbocycles. The van der Waals surface area contributed by atoms with Crippen LogP contribution in [0.4, 0.5) is 4.39 Å². The number of hydrogen-bond donors (Lipinski definition) is 0. The summed E-state index contributed by atoms with van der Waals surface area (Å²) in [7, 11) is 0. The van der Waals surface area contributed by atoms with Crippen LogP contribution < -0.4 is 0 Å². The Bertz CT molecular complexity index is 557. The summed E-state index contributed by atoms with van der Waals surface area (Å²) < 4.78 is 15.1. The van der Waals surface area contributed by atoms with E-state index in [1.807, 2.05) is 30.5 Å². The van der Waals surface area contributed by atoms with Crippen LogP contribution in [0.1, 0.15) is 27.3 Å². The lowest BCUT2D eigenvalue weighted by Gasteiger charge is -2.09. The summed E-state index contributed by atoms with van der Waals surface area (Å²) in [6, 6.07) is 8.36. The van der Waals surface area contributed by atoms with Crippen LogP contribution in [0.5, 0.6) is 0 Å². The van der Waals surface area contributed by atoms with Crippen LogP contribution in [0.3, 0.4) is 0 Å². The highest BCUT2D eigenvalue weighted by Gasteiger charge is 2.08. The SMILES string of the molecule is Cc1cc(C=O)c(C)n1Cc1cccc(F)c1. The van der Waals surface area contributed by atoms with E-state index in [2.05, 4.69) is 0 Å². The number of aromatic nitrogens is 1. The van der Waals surface area contributed by atoms with Crippen molar-refractivity contribution in [1.29, 1.82) is 0 Å². The third-order valence-corrected chi connectivity index (χ3v) is 2.97. The van der Waals surface area contributed by atoms with Crippen molar-refractivity contribution in [1.82, 2.24) is 4.57 Å². The summed E-state index contributed by atoms with van der Waals surface area (Å²) in [5.41, 5.74) is 3.51. The number of rotatable bonds is 3. The molecule has 0 atom stereocenters. The van der Waals surface area contributed by atoms with Crippen molar-refractivity contribution in [2.24, 2.45) is 0 Å². The second-order valence-electron chi connectivity index (χ2n) is 4.16. The van der Waals surface area contributed by atoms with Gasteiger partial charge in [-0.1, -0.05) is 12.1 Å². The molecule has 3 heteroatoms. The predicted octanol–water partition coefficient (Wildman–Crippen LogP) is 3.10. The van der Waals surface area contributed by atoms with Crippen molar-refractivity contribution in [3.8, 4) is 0 Å². The Hall–Kier alpha value is -1.90. The minimum Gasteiger partial charge on any atom is -0.344 e. The summed E-state index contributed by atoms with van der Waals surface area (Å²) in [6.07, 6.45) is 0.852. The van der Waals surface area contributed by atoms with E-state index in [0.29, 0.717) is 12.1 Å². The second-order valence-corrected chi connectivity index (χ2v) is 4.16. The van der Waals surface area contributed by atoms with Gasteiger partial charge in [0.05, 0.1) is 0 Å². The molecule has 0 unspecified atom stereocenters. The van der Waals surface area contributed by atoms with Gasteiger partial charge in [0.15, 0.2) is 6.29 Å². The number of carbonyl (C=O) groups is 1. The van der Waals surface area contributed by atoms with Crippen molar-refractivity contribution in [2.45, 2.75) is 20.4 Å². The topological polar surface area (TPSA) is 22.0 Å². The zero-order valence-corrected chi connectivity index (χ0v) is 9.90. The first kappa shape index (κ1) is 11.6. The number of halogens is 1. The van der Waals surface area contributed by atoms with Gasteiger partial charge in [0.25, 0.3) is 0 Å². The van der Waals surface area contributed by atoms with Crippen molar-refractivity contribution in [3.63, 3.8) is 0 Å². The number of carbonyl (C=O) groups excluding carboxylic acids is 1. The molecule has 0 spiro atoms. The van der Waals surface area contributed by atoms with Crippen LogP contribution in [0, 0.1) is 19.7 Å². The highest BCUT2D eigenvalue weighted by Crippen LogP contribution is 2.16.